The van der Waals surface area contributed by atoms with Gasteiger partial charge in [0.2, 0.25) is 0 Å². The molecule has 7 N–H and O–H groups in total. The summed E-state index contributed by atoms with van der Waals surface area (Å²) in [5.41, 5.74) is -4.52. The molecule has 4 rings (SSSR count). The molecule has 4 aliphatic rings. The SMILES string of the molecule is CC[C@H]1OC(=O)[C@H](C)[C@@H](O[C@H]2C[C@@](C)(OC)[C@@H](O)[C@H](C)O2)[C@H](C)[C@@H](O[C@@H]2O[C@H](C)C[C@H](N(C)C)[C@H]2O)[C@](C)(O)C[C@@H](C)CN(CCCNC(=S)NC2CCCCCCCCCCC2)[C@H](C)[C@@H](O)[C@]1(C)O. The number of hydrogen-bond donors (Lipinski definition) is 7. The summed E-state index contributed by atoms with van der Waals surface area (Å²) < 4.78 is 38.3. The van der Waals surface area contributed by atoms with Crippen LogP contribution < -0.4 is 10.6 Å². The highest BCUT2D eigenvalue weighted by molar-refractivity contribution is 7.80. The first-order valence-corrected chi connectivity index (χ1v) is 27.6. The molecule has 3 heterocycles. The fourth-order valence-electron chi connectivity index (χ4n) is 11.9. The summed E-state index contributed by atoms with van der Waals surface area (Å²) in [6, 6.07) is -0.558. The van der Waals surface area contributed by atoms with Crippen LogP contribution in [0.15, 0.2) is 0 Å². The lowest BCUT2D eigenvalue weighted by Crippen LogP contribution is -2.60. The van der Waals surface area contributed by atoms with Crippen molar-refractivity contribution in [3.05, 3.63) is 0 Å². The lowest BCUT2D eigenvalue weighted by molar-refractivity contribution is -0.318. The Balaban J connectivity index is 1.67. The molecule has 0 amide bonds. The Morgan fingerprint density at radius 3 is 2.04 bits per heavy atom. The molecule has 0 aromatic heterocycles. The Morgan fingerprint density at radius 1 is 0.871 bits per heavy atom. The van der Waals surface area contributed by atoms with Crippen molar-refractivity contribution in [2.45, 2.75) is 268 Å². The second-order valence-corrected chi connectivity index (χ2v) is 23.3. The van der Waals surface area contributed by atoms with Gasteiger partial charge < -0.3 is 69.5 Å². The smallest absolute Gasteiger partial charge is 0.311 e. The van der Waals surface area contributed by atoms with E-state index in [2.05, 4.69) is 15.5 Å². The van der Waals surface area contributed by atoms with E-state index in [9.17, 15) is 30.3 Å². The number of aliphatic hydroxyl groups excluding tert-OH is 3. The van der Waals surface area contributed by atoms with Gasteiger partial charge in [-0.05, 0) is 119 Å². The van der Waals surface area contributed by atoms with Crippen molar-refractivity contribution < 1.29 is 58.7 Å². The molecule has 70 heavy (non-hydrogen) atoms. The van der Waals surface area contributed by atoms with E-state index in [0.29, 0.717) is 43.6 Å². The van der Waals surface area contributed by atoms with Crippen molar-refractivity contribution in [1.29, 1.82) is 0 Å². The Kier molecular flexibility index (Phi) is 24.5. The lowest BCUT2D eigenvalue weighted by Gasteiger charge is -2.48. The summed E-state index contributed by atoms with van der Waals surface area (Å²) in [7, 11) is 5.32. The van der Waals surface area contributed by atoms with Crippen molar-refractivity contribution in [2.24, 2.45) is 17.8 Å². The minimum atomic E-state index is -1.87. The topological polar surface area (TPSA) is 204 Å². The molecule has 3 saturated heterocycles. The highest BCUT2D eigenvalue weighted by Crippen LogP contribution is 2.40. The van der Waals surface area contributed by atoms with Gasteiger partial charge in [-0.25, -0.2) is 0 Å². The molecule has 0 aromatic carbocycles. The van der Waals surface area contributed by atoms with Crippen LogP contribution >= 0.6 is 12.2 Å². The van der Waals surface area contributed by atoms with Crippen molar-refractivity contribution in [2.75, 3.05) is 40.8 Å². The fourth-order valence-corrected chi connectivity index (χ4v) is 12.2. The molecular weight excluding hydrogens is 917 g/mol. The number of thiocarbonyl (C=S) groups is 1. The summed E-state index contributed by atoms with van der Waals surface area (Å²) in [6.07, 6.45) is 5.80. The van der Waals surface area contributed by atoms with Gasteiger partial charge in [0.05, 0.1) is 41.5 Å². The normalized spacial score (nSPS) is 42.4. The molecule has 1 saturated carbocycles. The second-order valence-electron chi connectivity index (χ2n) is 22.9. The van der Waals surface area contributed by atoms with Gasteiger partial charge in [0, 0.05) is 57.2 Å². The fraction of sp³-hybridized carbons (Fsp3) is 0.962. The number of hydrogen-bond acceptors (Lipinski definition) is 15. The van der Waals surface area contributed by atoms with Crippen LogP contribution in [0.5, 0.6) is 0 Å². The Bertz CT molecular complexity index is 1550. The largest absolute Gasteiger partial charge is 0.459 e. The third kappa shape index (κ3) is 16.8. The van der Waals surface area contributed by atoms with E-state index >= 15 is 0 Å². The van der Waals surface area contributed by atoms with Crippen molar-refractivity contribution in [1.82, 2.24) is 20.4 Å². The van der Waals surface area contributed by atoms with Gasteiger partial charge >= 0.3 is 5.97 Å². The number of methoxy groups -OCH3 is 1. The average molecular weight is 1020 g/mol. The number of esters is 1. The van der Waals surface area contributed by atoms with Crippen molar-refractivity contribution >= 4 is 23.3 Å². The standard InChI is InChI=1S/C53H100N4O12S/c1-14-41-53(10,63)45(59)37(6)57(28-24-27-54-50(70)55-39-25-22-20-18-16-15-17-19-21-23-26-39)32-33(2)30-51(8,62)47(69-49-43(58)40(56(11)12)29-34(3)65-49)35(4)44(36(5)48(61)67-41)68-42-31-52(9,64-13)46(60)38(7)66-42/h33-47,49,58-60,62-63H,14-32H2,1-13H3,(H2,54,55,70)/t33-,34-,35+,36-,37-,38+,40+,41-,42+,43-,44+,45-,46+,47-,49+,51-,52-,53-/m1/s1. The van der Waals surface area contributed by atoms with Gasteiger partial charge in [0.1, 0.15) is 30.0 Å². The van der Waals surface area contributed by atoms with Crippen LogP contribution in [0.2, 0.25) is 0 Å². The first-order valence-electron chi connectivity index (χ1n) is 27.2. The summed E-state index contributed by atoms with van der Waals surface area (Å²) in [6.45, 7) is 19.4. The molecule has 3 aliphatic heterocycles. The summed E-state index contributed by atoms with van der Waals surface area (Å²) in [5.74, 6) is -2.72. The van der Waals surface area contributed by atoms with Crippen LogP contribution in [0, 0.1) is 17.8 Å². The predicted octanol–water partition coefficient (Wildman–Crippen LogP) is 5.80. The minimum absolute atomic E-state index is 0.121. The minimum Gasteiger partial charge on any atom is -0.459 e. The summed E-state index contributed by atoms with van der Waals surface area (Å²) >= 11 is 5.83. The molecule has 0 bridgehead atoms. The van der Waals surface area contributed by atoms with Gasteiger partial charge in [0.25, 0.3) is 0 Å². The van der Waals surface area contributed by atoms with E-state index in [-0.39, 0.29) is 37.3 Å². The molecule has 410 valence electrons. The molecule has 4 fully saturated rings. The van der Waals surface area contributed by atoms with Crippen LogP contribution in [0.25, 0.3) is 0 Å². The number of cyclic esters (lactones) is 1. The van der Waals surface area contributed by atoms with Gasteiger partial charge in [-0.2, -0.15) is 0 Å². The van der Waals surface area contributed by atoms with Crippen LogP contribution in [-0.2, 0) is 33.2 Å². The molecule has 1 aliphatic carbocycles. The molecular formula is C53H100N4O12S. The average Bonchev–Trinajstić information content (AvgIpc) is 3.29. The monoisotopic (exact) mass is 1020 g/mol. The zero-order valence-corrected chi connectivity index (χ0v) is 46.4. The molecule has 0 spiro atoms. The molecule has 0 aromatic rings. The number of rotatable bonds is 12. The van der Waals surface area contributed by atoms with Crippen molar-refractivity contribution in [3.63, 3.8) is 0 Å². The Hall–Kier alpha value is -1.32. The zero-order chi connectivity index (χ0) is 52.1. The maximum absolute atomic E-state index is 14.6. The van der Waals surface area contributed by atoms with Crippen molar-refractivity contribution in [3.8, 4) is 0 Å². The number of carbonyl (C=O) groups excluding carboxylic acids is 1. The predicted molar refractivity (Wildman–Crippen MR) is 276 cm³/mol. The van der Waals surface area contributed by atoms with Gasteiger partial charge in [0.15, 0.2) is 17.7 Å². The van der Waals surface area contributed by atoms with E-state index in [1.54, 1.807) is 34.6 Å². The maximum Gasteiger partial charge on any atom is 0.311 e. The second kappa shape index (κ2) is 28.0. The van der Waals surface area contributed by atoms with Crippen LogP contribution in [0.3, 0.4) is 0 Å². The van der Waals surface area contributed by atoms with E-state index in [1.165, 1.54) is 71.8 Å². The summed E-state index contributed by atoms with van der Waals surface area (Å²) in [5, 5.41) is 68.0. The third-order valence-electron chi connectivity index (χ3n) is 16.4. The third-order valence-corrected chi connectivity index (χ3v) is 16.6. The Labute approximate surface area is 427 Å². The van der Waals surface area contributed by atoms with E-state index < -0.39 is 96.0 Å². The first-order chi connectivity index (χ1) is 32.9. The van der Waals surface area contributed by atoms with Gasteiger partial charge in [-0.3, -0.25) is 9.69 Å². The number of carbonyl (C=O) groups is 1. The number of nitrogens with zero attached hydrogens (tertiary/aromatic N) is 2. The molecule has 16 nitrogen and oxygen atoms in total. The number of aliphatic hydroxyl groups is 5. The number of likely N-dealkylation sites (N-methyl/N-ethyl adjacent to an activating group) is 1. The molecule has 18 atom stereocenters. The van der Waals surface area contributed by atoms with E-state index in [0.717, 1.165) is 12.8 Å². The molecule has 17 heteroatoms. The number of nitrogens with one attached hydrogen (secondary N) is 2. The highest BCUT2D eigenvalue weighted by Gasteiger charge is 2.53. The number of ether oxygens (including phenoxy) is 6. The lowest BCUT2D eigenvalue weighted by atomic mass is 9.77. The first kappa shape index (κ1) is 61.2. The molecule has 0 unspecified atom stereocenters. The highest BCUT2D eigenvalue weighted by atomic mass is 32.1. The van der Waals surface area contributed by atoms with Crippen LogP contribution in [-0.4, -0.2) is 184 Å². The van der Waals surface area contributed by atoms with E-state index in [1.807, 2.05) is 46.7 Å². The van der Waals surface area contributed by atoms with E-state index in [4.69, 9.17) is 40.6 Å². The van der Waals surface area contributed by atoms with Crippen LogP contribution in [0.1, 0.15) is 172 Å². The maximum atomic E-state index is 14.6. The van der Waals surface area contributed by atoms with Gasteiger partial charge in [-0.15, -0.1) is 0 Å². The molecule has 0 radical (unpaired) electrons. The zero-order valence-electron chi connectivity index (χ0n) is 45.6. The van der Waals surface area contributed by atoms with Crippen LogP contribution in [0.4, 0.5) is 0 Å². The summed E-state index contributed by atoms with van der Waals surface area (Å²) in [4.78, 5) is 18.7. The van der Waals surface area contributed by atoms with Gasteiger partial charge in [-0.1, -0.05) is 78.6 Å². The Morgan fingerprint density at radius 2 is 1.47 bits per heavy atom. The quantitative estimate of drug-likeness (QED) is 0.0702.